The molecule has 0 aliphatic carbocycles. The molecule has 1 amide bonds. The molecule has 1 aliphatic rings. The van der Waals surface area contributed by atoms with Crippen molar-refractivity contribution in [3.8, 4) is 11.4 Å². The van der Waals surface area contributed by atoms with Crippen molar-refractivity contribution in [3.05, 3.63) is 65.5 Å². The van der Waals surface area contributed by atoms with E-state index in [0.717, 1.165) is 11.6 Å². The zero-order valence-corrected chi connectivity index (χ0v) is 20.0. The van der Waals surface area contributed by atoms with Gasteiger partial charge in [0.05, 0.1) is 17.8 Å². The molecule has 0 saturated carbocycles. The summed E-state index contributed by atoms with van der Waals surface area (Å²) in [6, 6.07) is 13.1. The van der Waals surface area contributed by atoms with Gasteiger partial charge in [-0.25, -0.2) is 0 Å². The van der Waals surface area contributed by atoms with Gasteiger partial charge in [-0.05, 0) is 49.0 Å². The Labute approximate surface area is 202 Å². The second-order valence-electron chi connectivity index (χ2n) is 9.92. The molecule has 2 heterocycles. The molecule has 1 saturated heterocycles. The Morgan fingerprint density at radius 3 is 2.34 bits per heavy atom. The Morgan fingerprint density at radius 2 is 1.71 bits per heavy atom. The topological polar surface area (TPSA) is 71.3 Å². The van der Waals surface area contributed by atoms with Crippen LogP contribution in [-0.4, -0.2) is 34.0 Å². The van der Waals surface area contributed by atoms with Crippen molar-refractivity contribution in [2.24, 2.45) is 5.92 Å². The first-order chi connectivity index (χ1) is 16.5. The van der Waals surface area contributed by atoms with Crippen LogP contribution >= 0.6 is 0 Å². The lowest BCUT2D eigenvalue weighted by molar-refractivity contribution is -0.137. The molecule has 186 valence electrons. The number of hydrogen-bond donors (Lipinski definition) is 1. The zero-order chi connectivity index (χ0) is 25.2. The van der Waals surface area contributed by atoms with Gasteiger partial charge in [0.1, 0.15) is 0 Å². The fourth-order valence-electron chi connectivity index (χ4n) is 4.17. The number of para-hydroxylation sites is 1. The molecule has 1 fully saturated rings. The van der Waals surface area contributed by atoms with Gasteiger partial charge in [0.2, 0.25) is 17.6 Å². The van der Waals surface area contributed by atoms with E-state index in [-0.39, 0.29) is 22.9 Å². The van der Waals surface area contributed by atoms with Crippen LogP contribution < -0.4 is 5.32 Å². The van der Waals surface area contributed by atoms with Crippen LogP contribution in [-0.2, 0) is 22.9 Å². The third-order valence-electron chi connectivity index (χ3n) is 6.28. The van der Waals surface area contributed by atoms with Gasteiger partial charge in [-0.2, -0.15) is 18.2 Å². The number of piperidine rings is 1. The highest BCUT2D eigenvalue weighted by atomic mass is 19.4. The predicted molar refractivity (Wildman–Crippen MR) is 127 cm³/mol. The maximum absolute atomic E-state index is 13.2. The molecular formula is C26H29F3N4O2. The summed E-state index contributed by atoms with van der Waals surface area (Å²) in [6.45, 7) is 8.14. The molecule has 6 nitrogen and oxygen atoms in total. The minimum absolute atomic E-state index is 0.0612. The normalized spacial score (nSPS) is 15.8. The van der Waals surface area contributed by atoms with Gasteiger partial charge < -0.3 is 9.84 Å². The van der Waals surface area contributed by atoms with E-state index in [0.29, 0.717) is 44.2 Å². The van der Waals surface area contributed by atoms with Gasteiger partial charge in [0.15, 0.2) is 0 Å². The minimum Gasteiger partial charge on any atom is -0.338 e. The molecule has 2 aromatic carbocycles. The van der Waals surface area contributed by atoms with Crippen LogP contribution in [0.15, 0.2) is 53.1 Å². The molecule has 1 aromatic heterocycles. The smallest absolute Gasteiger partial charge is 0.338 e. The largest absolute Gasteiger partial charge is 0.418 e. The molecule has 4 rings (SSSR count). The molecule has 0 radical (unpaired) electrons. The summed E-state index contributed by atoms with van der Waals surface area (Å²) in [5, 5.41) is 6.56. The van der Waals surface area contributed by atoms with E-state index in [1.54, 1.807) is 0 Å². The third kappa shape index (κ3) is 6.08. The Kier molecular flexibility index (Phi) is 6.98. The van der Waals surface area contributed by atoms with E-state index in [1.165, 1.54) is 23.8 Å². The summed E-state index contributed by atoms with van der Waals surface area (Å²) >= 11 is 0. The van der Waals surface area contributed by atoms with Crippen LogP contribution in [0.1, 0.15) is 50.6 Å². The number of hydrogen-bond acceptors (Lipinski definition) is 5. The van der Waals surface area contributed by atoms with Crippen LogP contribution in [0.4, 0.5) is 18.9 Å². The molecule has 9 heteroatoms. The maximum Gasteiger partial charge on any atom is 0.418 e. The number of alkyl halides is 3. The van der Waals surface area contributed by atoms with Gasteiger partial charge in [0, 0.05) is 11.5 Å². The highest BCUT2D eigenvalue weighted by Crippen LogP contribution is 2.35. The van der Waals surface area contributed by atoms with E-state index in [4.69, 9.17) is 4.52 Å². The average molecular weight is 487 g/mol. The molecule has 35 heavy (non-hydrogen) atoms. The number of carbonyl (C=O) groups is 1. The zero-order valence-electron chi connectivity index (χ0n) is 20.0. The number of likely N-dealkylation sites (tertiary alicyclic amines) is 1. The summed E-state index contributed by atoms with van der Waals surface area (Å²) < 4.78 is 45.0. The lowest BCUT2D eigenvalue weighted by atomic mass is 9.87. The lowest BCUT2D eigenvalue weighted by Gasteiger charge is -2.30. The maximum atomic E-state index is 13.2. The molecule has 3 aromatic rings. The van der Waals surface area contributed by atoms with Crippen LogP contribution in [0.5, 0.6) is 0 Å². The highest BCUT2D eigenvalue weighted by molar-refractivity contribution is 5.93. The Bertz CT molecular complexity index is 1160. The first-order valence-corrected chi connectivity index (χ1v) is 11.6. The summed E-state index contributed by atoms with van der Waals surface area (Å²) in [7, 11) is 0. The molecule has 0 bridgehead atoms. The average Bonchev–Trinajstić information content (AvgIpc) is 3.27. The minimum atomic E-state index is -4.52. The first-order valence-electron chi connectivity index (χ1n) is 11.6. The van der Waals surface area contributed by atoms with Crippen LogP contribution in [0.25, 0.3) is 11.4 Å². The predicted octanol–water partition coefficient (Wildman–Crippen LogP) is 5.90. The van der Waals surface area contributed by atoms with Gasteiger partial charge in [0.25, 0.3) is 0 Å². The second-order valence-corrected chi connectivity index (χ2v) is 9.92. The fourth-order valence-corrected chi connectivity index (χ4v) is 4.17. The SMILES string of the molecule is CC(C)(C)c1ccc(-c2noc(CN3CCC(C(=O)Nc4ccccc4C(F)(F)F)CC3)n2)cc1. The molecule has 0 spiro atoms. The van der Waals surface area contributed by atoms with E-state index in [1.807, 2.05) is 12.1 Å². The van der Waals surface area contributed by atoms with Crippen molar-refractivity contribution in [2.45, 2.75) is 51.7 Å². The van der Waals surface area contributed by atoms with Gasteiger partial charge in [-0.1, -0.05) is 62.3 Å². The van der Waals surface area contributed by atoms with E-state index in [2.05, 4.69) is 53.3 Å². The number of benzene rings is 2. The van der Waals surface area contributed by atoms with E-state index in [9.17, 15) is 18.0 Å². The first kappa shape index (κ1) is 24.9. The summed E-state index contributed by atoms with van der Waals surface area (Å²) in [4.78, 5) is 19.2. The van der Waals surface area contributed by atoms with Crippen molar-refractivity contribution < 1.29 is 22.5 Å². The van der Waals surface area contributed by atoms with Crippen LogP contribution in [0.3, 0.4) is 0 Å². The number of anilines is 1. The second kappa shape index (κ2) is 9.81. The standard InChI is InChI=1S/C26H29F3N4O2/c1-25(2,3)19-10-8-17(9-11-19)23-31-22(35-32-23)16-33-14-12-18(13-15-33)24(34)30-21-7-5-4-6-20(21)26(27,28)29/h4-11,18H,12-16H2,1-3H3,(H,30,34). The number of nitrogens with one attached hydrogen (secondary N) is 1. The van der Waals surface area contributed by atoms with Crippen LogP contribution in [0, 0.1) is 5.92 Å². The molecule has 1 aliphatic heterocycles. The summed E-state index contributed by atoms with van der Waals surface area (Å²) in [5.41, 5.74) is 1.11. The van der Waals surface area contributed by atoms with Crippen molar-refractivity contribution in [1.29, 1.82) is 0 Å². The monoisotopic (exact) mass is 486 g/mol. The van der Waals surface area contributed by atoms with Crippen molar-refractivity contribution in [2.75, 3.05) is 18.4 Å². The fraction of sp³-hybridized carbons (Fsp3) is 0.423. The van der Waals surface area contributed by atoms with Crippen LogP contribution in [0.2, 0.25) is 0 Å². The van der Waals surface area contributed by atoms with Crippen molar-refractivity contribution >= 4 is 11.6 Å². The number of halogens is 3. The quantitative estimate of drug-likeness (QED) is 0.486. The van der Waals surface area contributed by atoms with Crippen molar-refractivity contribution in [1.82, 2.24) is 15.0 Å². The van der Waals surface area contributed by atoms with Gasteiger partial charge in [-0.3, -0.25) is 9.69 Å². The van der Waals surface area contributed by atoms with Gasteiger partial charge >= 0.3 is 6.18 Å². The highest BCUT2D eigenvalue weighted by Gasteiger charge is 2.34. The number of aromatic nitrogens is 2. The molecule has 1 N–H and O–H groups in total. The molecular weight excluding hydrogens is 457 g/mol. The van der Waals surface area contributed by atoms with E-state index >= 15 is 0 Å². The summed E-state index contributed by atoms with van der Waals surface area (Å²) in [5.74, 6) is 0.271. The third-order valence-corrected chi connectivity index (χ3v) is 6.28. The van der Waals surface area contributed by atoms with Crippen molar-refractivity contribution in [3.63, 3.8) is 0 Å². The molecule has 0 atom stereocenters. The molecule has 0 unspecified atom stereocenters. The Hall–Kier alpha value is -3.20. The van der Waals surface area contributed by atoms with Gasteiger partial charge in [-0.15, -0.1) is 0 Å². The number of amides is 1. The summed E-state index contributed by atoms with van der Waals surface area (Å²) in [6.07, 6.45) is -3.45. The number of nitrogens with zero attached hydrogens (tertiary/aromatic N) is 3. The number of carbonyl (C=O) groups excluding carboxylic acids is 1. The Morgan fingerprint density at radius 1 is 1.06 bits per heavy atom. The van der Waals surface area contributed by atoms with E-state index < -0.39 is 11.7 Å². The number of rotatable bonds is 5. The lowest BCUT2D eigenvalue weighted by Crippen LogP contribution is -2.38. The Balaban J connectivity index is 1.31.